The quantitative estimate of drug-likeness (QED) is 0.506. The van der Waals surface area contributed by atoms with E-state index in [9.17, 15) is 4.79 Å². The lowest BCUT2D eigenvalue weighted by Crippen LogP contribution is -2.50. The van der Waals surface area contributed by atoms with E-state index in [1.807, 2.05) is 0 Å². The SMILES string of the molecule is O=C(O)c1ccc(NC2=NCNC3NNCC23)cc1. The molecular formula is C12H15N5O2. The fourth-order valence-corrected chi connectivity index (χ4v) is 2.27. The highest BCUT2D eigenvalue weighted by atomic mass is 16.4. The number of hydrazine groups is 1. The number of rotatable bonds is 2. The van der Waals surface area contributed by atoms with Crippen molar-refractivity contribution < 1.29 is 9.90 Å². The number of aromatic carboxylic acids is 1. The van der Waals surface area contributed by atoms with Gasteiger partial charge in [0, 0.05) is 12.2 Å². The molecule has 0 spiro atoms. The predicted octanol–water partition coefficient (Wildman–Crippen LogP) is -0.194. The summed E-state index contributed by atoms with van der Waals surface area (Å²) < 4.78 is 0. The van der Waals surface area contributed by atoms with Crippen LogP contribution in [0, 0.1) is 5.92 Å². The topological polar surface area (TPSA) is 97.8 Å². The molecule has 1 saturated heterocycles. The van der Waals surface area contributed by atoms with Crippen molar-refractivity contribution in [1.82, 2.24) is 16.2 Å². The summed E-state index contributed by atoms with van der Waals surface area (Å²) in [5, 5.41) is 15.3. The van der Waals surface area contributed by atoms with Crippen LogP contribution in [0.1, 0.15) is 10.4 Å². The van der Waals surface area contributed by atoms with Crippen LogP contribution in [0.15, 0.2) is 29.3 Å². The van der Waals surface area contributed by atoms with Crippen LogP contribution in [-0.2, 0) is 0 Å². The molecule has 1 aromatic carbocycles. The van der Waals surface area contributed by atoms with Crippen LogP contribution in [0.3, 0.4) is 0 Å². The smallest absolute Gasteiger partial charge is 0.335 e. The van der Waals surface area contributed by atoms with Crippen LogP contribution in [0.2, 0.25) is 0 Å². The van der Waals surface area contributed by atoms with E-state index in [2.05, 4.69) is 26.5 Å². The van der Waals surface area contributed by atoms with Gasteiger partial charge in [0.1, 0.15) is 5.84 Å². The molecule has 2 atom stereocenters. The molecule has 7 nitrogen and oxygen atoms in total. The molecule has 0 bridgehead atoms. The third-order valence-electron chi connectivity index (χ3n) is 3.30. The normalized spacial score (nSPS) is 25.6. The second-order valence-electron chi connectivity index (χ2n) is 4.52. The number of anilines is 1. The Morgan fingerprint density at radius 2 is 2.16 bits per heavy atom. The molecule has 3 rings (SSSR count). The van der Waals surface area contributed by atoms with Crippen molar-refractivity contribution >= 4 is 17.5 Å². The summed E-state index contributed by atoms with van der Waals surface area (Å²) in [6.07, 6.45) is 0.179. The number of benzene rings is 1. The summed E-state index contributed by atoms with van der Waals surface area (Å²) in [7, 11) is 0. The molecule has 1 aromatic rings. The number of carboxylic acids is 1. The van der Waals surface area contributed by atoms with E-state index < -0.39 is 5.97 Å². The number of carboxylic acid groups (broad SMARTS) is 1. The molecule has 0 saturated carbocycles. The van der Waals surface area contributed by atoms with Gasteiger partial charge in [0.05, 0.1) is 24.3 Å². The minimum absolute atomic E-state index is 0.179. The summed E-state index contributed by atoms with van der Waals surface area (Å²) in [5.41, 5.74) is 7.35. The molecule has 0 aromatic heterocycles. The number of amidine groups is 1. The van der Waals surface area contributed by atoms with Crippen molar-refractivity contribution in [1.29, 1.82) is 0 Å². The predicted molar refractivity (Wildman–Crippen MR) is 70.9 cm³/mol. The largest absolute Gasteiger partial charge is 0.478 e. The molecule has 2 aliphatic heterocycles. The molecule has 2 heterocycles. The van der Waals surface area contributed by atoms with Gasteiger partial charge in [-0.2, -0.15) is 0 Å². The Hall–Kier alpha value is -1.96. The number of hydrogen-bond donors (Lipinski definition) is 5. The number of aliphatic imine (C=N–C) groups is 1. The van der Waals surface area contributed by atoms with Crippen molar-refractivity contribution in [3.05, 3.63) is 29.8 Å². The van der Waals surface area contributed by atoms with Gasteiger partial charge in [-0.05, 0) is 24.3 Å². The monoisotopic (exact) mass is 261 g/mol. The minimum Gasteiger partial charge on any atom is -0.478 e. The van der Waals surface area contributed by atoms with Crippen molar-refractivity contribution in [2.24, 2.45) is 10.9 Å². The standard InChI is InChI=1S/C12H15N5O2/c18-12(19)7-1-3-8(4-2-7)16-10-9-5-15-17-11(9)14-6-13-10/h1-4,9,11,14-15,17H,5-6H2,(H,13,16)(H,18,19). The zero-order chi connectivity index (χ0) is 13.2. The summed E-state index contributed by atoms with van der Waals surface area (Å²) in [5.74, 6) is 0.229. The van der Waals surface area contributed by atoms with Crippen molar-refractivity contribution in [2.75, 3.05) is 18.5 Å². The minimum atomic E-state index is -0.921. The summed E-state index contributed by atoms with van der Waals surface area (Å²) in [4.78, 5) is 15.2. The first-order valence-corrected chi connectivity index (χ1v) is 6.10. The zero-order valence-electron chi connectivity index (χ0n) is 10.2. The molecule has 5 N–H and O–H groups in total. The fraction of sp³-hybridized carbons (Fsp3) is 0.333. The maximum atomic E-state index is 10.8. The van der Waals surface area contributed by atoms with E-state index in [-0.39, 0.29) is 17.6 Å². The first-order valence-electron chi connectivity index (χ1n) is 6.10. The molecule has 2 aliphatic rings. The highest BCUT2D eigenvalue weighted by molar-refractivity contribution is 5.98. The molecule has 7 heteroatoms. The number of fused-ring (bicyclic) bond motifs is 1. The Balaban J connectivity index is 1.73. The Bertz CT molecular complexity index is 513. The van der Waals surface area contributed by atoms with Crippen LogP contribution in [0.5, 0.6) is 0 Å². The van der Waals surface area contributed by atoms with E-state index in [1.165, 1.54) is 0 Å². The lowest BCUT2D eigenvalue weighted by atomic mass is 10.0. The Labute approximate surface area is 110 Å². The summed E-state index contributed by atoms with van der Waals surface area (Å²) in [6.45, 7) is 1.36. The molecule has 0 aliphatic carbocycles. The third kappa shape index (κ3) is 2.43. The number of carbonyl (C=O) groups is 1. The lowest BCUT2D eigenvalue weighted by molar-refractivity contribution is 0.0697. The first kappa shape index (κ1) is 12.1. The number of hydrogen-bond acceptors (Lipinski definition) is 6. The molecule has 0 amide bonds. The van der Waals surface area contributed by atoms with Gasteiger partial charge >= 0.3 is 5.97 Å². The summed E-state index contributed by atoms with van der Waals surface area (Å²) in [6, 6.07) is 6.65. The Morgan fingerprint density at radius 1 is 1.37 bits per heavy atom. The van der Waals surface area contributed by atoms with Crippen LogP contribution >= 0.6 is 0 Å². The van der Waals surface area contributed by atoms with Crippen LogP contribution in [0.4, 0.5) is 5.69 Å². The second kappa shape index (κ2) is 4.96. The zero-order valence-corrected chi connectivity index (χ0v) is 10.2. The number of nitrogens with one attached hydrogen (secondary N) is 4. The molecule has 2 unspecified atom stereocenters. The van der Waals surface area contributed by atoms with Gasteiger partial charge in [-0.25, -0.2) is 10.2 Å². The molecule has 100 valence electrons. The Kier molecular flexibility index (Phi) is 3.16. The van der Waals surface area contributed by atoms with Crippen LogP contribution < -0.4 is 21.5 Å². The highest BCUT2D eigenvalue weighted by Gasteiger charge is 2.33. The Morgan fingerprint density at radius 3 is 2.89 bits per heavy atom. The molecule has 0 radical (unpaired) electrons. The first-order chi connectivity index (χ1) is 9.24. The van der Waals surface area contributed by atoms with E-state index in [4.69, 9.17) is 5.11 Å². The van der Waals surface area contributed by atoms with Crippen LogP contribution in [0.25, 0.3) is 0 Å². The maximum Gasteiger partial charge on any atom is 0.335 e. The van der Waals surface area contributed by atoms with Crippen molar-refractivity contribution in [3.63, 3.8) is 0 Å². The van der Waals surface area contributed by atoms with Crippen LogP contribution in [-0.4, -0.2) is 36.3 Å². The average Bonchev–Trinajstić information content (AvgIpc) is 2.89. The maximum absolute atomic E-state index is 10.8. The van der Waals surface area contributed by atoms with E-state index in [0.717, 1.165) is 18.1 Å². The van der Waals surface area contributed by atoms with E-state index >= 15 is 0 Å². The van der Waals surface area contributed by atoms with Gasteiger partial charge in [-0.3, -0.25) is 15.7 Å². The summed E-state index contributed by atoms with van der Waals surface area (Å²) >= 11 is 0. The molecule has 1 fully saturated rings. The van der Waals surface area contributed by atoms with Gasteiger partial charge in [-0.15, -0.1) is 0 Å². The average molecular weight is 261 g/mol. The fourth-order valence-electron chi connectivity index (χ4n) is 2.27. The molecule has 19 heavy (non-hydrogen) atoms. The van der Waals surface area contributed by atoms with Gasteiger partial charge in [0.2, 0.25) is 0 Å². The van der Waals surface area contributed by atoms with Crippen molar-refractivity contribution in [3.8, 4) is 0 Å². The van der Waals surface area contributed by atoms with Gasteiger partial charge in [-0.1, -0.05) is 0 Å². The second-order valence-corrected chi connectivity index (χ2v) is 4.52. The third-order valence-corrected chi connectivity index (χ3v) is 3.30. The van der Waals surface area contributed by atoms with E-state index in [1.54, 1.807) is 24.3 Å². The van der Waals surface area contributed by atoms with Crippen molar-refractivity contribution in [2.45, 2.75) is 6.17 Å². The van der Waals surface area contributed by atoms with Gasteiger partial charge < -0.3 is 10.4 Å². The van der Waals surface area contributed by atoms with E-state index in [0.29, 0.717) is 6.67 Å². The van der Waals surface area contributed by atoms with Gasteiger partial charge in [0.25, 0.3) is 0 Å². The lowest BCUT2D eigenvalue weighted by Gasteiger charge is -2.26. The molecular weight excluding hydrogens is 246 g/mol. The number of nitrogens with zero attached hydrogens (tertiary/aromatic N) is 1. The highest BCUT2D eigenvalue weighted by Crippen LogP contribution is 2.16. The van der Waals surface area contributed by atoms with Gasteiger partial charge in [0.15, 0.2) is 0 Å².